The fourth-order valence-corrected chi connectivity index (χ4v) is 3.84. The van der Waals surface area contributed by atoms with E-state index in [1.165, 1.54) is 10.5 Å². The van der Waals surface area contributed by atoms with Crippen LogP contribution in [-0.4, -0.2) is 36.3 Å². The zero-order valence-corrected chi connectivity index (χ0v) is 16.2. The van der Waals surface area contributed by atoms with Crippen LogP contribution in [-0.2, 0) is 22.5 Å². The molecule has 0 atom stereocenters. The van der Waals surface area contributed by atoms with Gasteiger partial charge in [0.25, 0.3) is 0 Å². The number of amides is 1. The highest BCUT2D eigenvalue weighted by Gasteiger charge is 2.15. The van der Waals surface area contributed by atoms with Crippen LogP contribution in [0.2, 0.25) is 0 Å². The van der Waals surface area contributed by atoms with Crippen molar-refractivity contribution in [3.05, 3.63) is 52.2 Å². The highest BCUT2D eigenvalue weighted by Crippen LogP contribution is 2.23. The zero-order chi connectivity index (χ0) is 17.4. The molecule has 0 spiro atoms. The predicted octanol–water partition coefficient (Wildman–Crippen LogP) is 4.47. The summed E-state index contributed by atoms with van der Waals surface area (Å²) in [6.45, 7) is 6.18. The normalized spacial score (nSPS) is 11.0. The molecule has 0 N–H and O–H groups in total. The smallest absolute Gasteiger partial charge is 0.227 e. The molecule has 24 heavy (non-hydrogen) atoms. The number of nitrogens with zero attached hydrogens (tertiary/aromatic N) is 1. The van der Waals surface area contributed by atoms with Gasteiger partial charge < -0.3 is 9.64 Å². The highest BCUT2D eigenvalue weighted by atomic mass is 32.2. The fraction of sp³-hybridized carbons (Fsp3) is 0.421. The Kier molecular flexibility index (Phi) is 7.82. The van der Waals surface area contributed by atoms with Gasteiger partial charge in [-0.15, -0.1) is 11.8 Å². The summed E-state index contributed by atoms with van der Waals surface area (Å²) in [5.41, 5.74) is 2.23. The first kappa shape index (κ1) is 19.0. The number of ether oxygens (including phenoxy) is 1. The van der Waals surface area contributed by atoms with E-state index in [1.807, 2.05) is 22.0 Å². The molecule has 1 aromatic carbocycles. The van der Waals surface area contributed by atoms with Gasteiger partial charge in [-0.25, -0.2) is 0 Å². The molecule has 5 heteroatoms. The van der Waals surface area contributed by atoms with E-state index in [0.717, 1.165) is 5.56 Å². The summed E-state index contributed by atoms with van der Waals surface area (Å²) in [5.74, 6) is 0.141. The Morgan fingerprint density at radius 2 is 1.96 bits per heavy atom. The second kappa shape index (κ2) is 9.87. The van der Waals surface area contributed by atoms with Crippen molar-refractivity contribution in [2.24, 2.45) is 0 Å². The maximum absolute atomic E-state index is 12.7. The van der Waals surface area contributed by atoms with E-state index in [1.54, 1.807) is 18.4 Å². The topological polar surface area (TPSA) is 29.5 Å². The summed E-state index contributed by atoms with van der Waals surface area (Å²) >= 11 is 3.49. The molecule has 1 heterocycles. The van der Waals surface area contributed by atoms with Gasteiger partial charge in [0.15, 0.2) is 0 Å². The first-order valence-corrected chi connectivity index (χ1v) is 9.94. The summed E-state index contributed by atoms with van der Waals surface area (Å²) in [7, 11) is 1.67. The van der Waals surface area contributed by atoms with Crippen LogP contribution in [0.1, 0.15) is 25.0 Å². The maximum Gasteiger partial charge on any atom is 0.227 e. The standard InChI is InChI=1S/C19H25NO2S2/c1-15(2)24-18-6-4-16(5-7-18)12-19(21)20(9-10-22-3)13-17-8-11-23-14-17/h4-8,11,14-15H,9-10,12-13H2,1-3H3. The number of carbonyl (C=O) groups excluding carboxylic acids is 1. The monoisotopic (exact) mass is 363 g/mol. The molecule has 0 aliphatic carbocycles. The van der Waals surface area contributed by atoms with Crippen molar-refractivity contribution >= 4 is 29.0 Å². The lowest BCUT2D eigenvalue weighted by atomic mass is 10.1. The quantitative estimate of drug-likeness (QED) is 0.616. The number of hydrogen-bond acceptors (Lipinski definition) is 4. The third kappa shape index (κ3) is 6.30. The molecule has 0 radical (unpaired) electrons. The summed E-state index contributed by atoms with van der Waals surface area (Å²) in [4.78, 5) is 15.8. The van der Waals surface area contributed by atoms with Gasteiger partial charge in [-0.3, -0.25) is 4.79 Å². The third-order valence-corrected chi connectivity index (χ3v) is 5.27. The summed E-state index contributed by atoms with van der Waals surface area (Å²) in [6, 6.07) is 10.4. The van der Waals surface area contributed by atoms with Crippen LogP contribution in [0.5, 0.6) is 0 Å². The van der Waals surface area contributed by atoms with Crippen molar-refractivity contribution in [1.29, 1.82) is 0 Å². The largest absolute Gasteiger partial charge is 0.383 e. The number of thioether (sulfide) groups is 1. The molecule has 0 fully saturated rings. The maximum atomic E-state index is 12.7. The molecular formula is C19H25NO2S2. The number of benzene rings is 1. The highest BCUT2D eigenvalue weighted by molar-refractivity contribution is 7.99. The van der Waals surface area contributed by atoms with E-state index < -0.39 is 0 Å². The molecule has 0 aliphatic rings. The Bertz CT molecular complexity index is 609. The van der Waals surface area contributed by atoms with Crippen molar-refractivity contribution in [1.82, 2.24) is 4.90 Å². The lowest BCUT2D eigenvalue weighted by Crippen LogP contribution is -2.34. The third-order valence-electron chi connectivity index (χ3n) is 3.52. The van der Waals surface area contributed by atoms with Gasteiger partial charge in [-0.2, -0.15) is 11.3 Å². The molecule has 0 aliphatic heterocycles. The Hall–Kier alpha value is -1.30. The molecule has 130 valence electrons. The molecular weight excluding hydrogens is 338 g/mol. The van der Waals surface area contributed by atoms with E-state index in [9.17, 15) is 4.79 Å². The number of rotatable bonds is 9. The fourth-order valence-electron chi connectivity index (χ4n) is 2.34. The van der Waals surface area contributed by atoms with Crippen molar-refractivity contribution in [3.8, 4) is 0 Å². The molecule has 0 saturated carbocycles. The molecule has 3 nitrogen and oxygen atoms in total. The average molecular weight is 364 g/mol. The number of carbonyl (C=O) groups is 1. The first-order valence-electron chi connectivity index (χ1n) is 8.12. The molecule has 2 rings (SSSR count). The number of thiophene rings is 1. The number of hydrogen-bond donors (Lipinski definition) is 0. The minimum atomic E-state index is 0.141. The Balaban J connectivity index is 1.98. The van der Waals surface area contributed by atoms with E-state index in [2.05, 4.69) is 49.6 Å². The van der Waals surface area contributed by atoms with Crippen molar-refractivity contribution in [2.45, 2.75) is 37.0 Å². The average Bonchev–Trinajstić information content (AvgIpc) is 3.05. The van der Waals surface area contributed by atoms with E-state index in [0.29, 0.717) is 31.4 Å². The summed E-state index contributed by atoms with van der Waals surface area (Å²) in [5, 5.41) is 4.69. The summed E-state index contributed by atoms with van der Waals surface area (Å²) in [6.07, 6.45) is 0.431. The van der Waals surface area contributed by atoms with E-state index >= 15 is 0 Å². The SMILES string of the molecule is COCCN(Cc1ccsc1)C(=O)Cc1ccc(SC(C)C)cc1. The molecule has 1 amide bonds. The van der Waals surface area contributed by atoms with Crippen LogP contribution >= 0.6 is 23.1 Å². The van der Waals surface area contributed by atoms with Gasteiger partial charge in [0.05, 0.1) is 13.0 Å². The van der Waals surface area contributed by atoms with Gasteiger partial charge in [-0.05, 0) is 40.1 Å². The lowest BCUT2D eigenvalue weighted by Gasteiger charge is -2.22. The minimum absolute atomic E-state index is 0.141. The Morgan fingerprint density at radius 3 is 2.54 bits per heavy atom. The summed E-state index contributed by atoms with van der Waals surface area (Å²) < 4.78 is 5.15. The molecule has 2 aromatic rings. The second-order valence-corrected chi connectivity index (χ2v) is 8.36. The molecule has 0 bridgehead atoms. The van der Waals surface area contributed by atoms with Gasteiger partial charge in [-0.1, -0.05) is 26.0 Å². The molecule has 0 unspecified atom stereocenters. The Morgan fingerprint density at radius 1 is 1.21 bits per heavy atom. The van der Waals surface area contributed by atoms with Crippen molar-refractivity contribution in [3.63, 3.8) is 0 Å². The van der Waals surface area contributed by atoms with Crippen LogP contribution in [0, 0.1) is 0 Å². The number of methoxy groups -OCH3 is 1. The van der Waals surface area contributed by atoms with Crippen LogP contribution in [0.25, 0.3) is 0 Å². The van der Waals surface area contributed by atoms with Crippen molar-refractivity contribution in [2.75, 3.05) is 20.3 Å². The van der Waals surface area contributed by atoms with Crippen molar-refractivity contribution < 1.29 is 9.53 Å². The van der Waals surface area contributed by atoms with Gasteiger partial charge in [0.1, 0.15) is 0 Å². The van der Waals surface area contributed by atoms with E-state index in [-0.39, 0.29) is 5.91 Å². The zero-order valence-electron chi connectivity index (χ0n) is 14.5. The van der Waals surface area contributed by atoms with Gasteiger partial charge >= 0.3 is 0 Å². The molecule has 0 saturated heterocycles. The predicted molar refractivity (Wildman–Crippen MR) is 103 cm³/mol. The lowest BCUT2D eigenvalue weighted by molar-refractivity contribution is -0.131. The Labute approximate surface area is 153 Å². The van der Waals surface area contributed by atoms with Gasteiger partial charge in [0, 0.05) is 30.3 Å². The second-order valence-electron chi connectivity index (χ2n) is 5.93. The van der Waals surface area contributed by atoms with Crippen LogP contribution in [0.15, 0.2) is 46.0 Å². The van der Waals surface area contributed by atoms with Crippen LogP contribution in [0.4, 0.5) is 0 Å². The van der Waals surface area contributed by atoms with Crippen LogP contribution in [0.3, 0.4) is 0 Å². The van der Waals surface area contributed by atoms with Crippen LogP contribution < -0.4 is 0 Å². The first-order chi connectivity index (χ1) is 11.6. The van der Waals surface area contributed by atoms with Gasteiger partial charge in [0.2, 0.25) is 5.91 Å². The van der Waals surface area contributed by atoms with E-state index in [4.69, 9.17) is 4.74 Å². The minimum Gasteiger partial charge on any atom is -0.383 e. The molecule has 1 aromatic heterocycles.